The van der Waals surface area contributed by atoms with Crippen LogP contribution in [0.5, 0.6) is 5.75 Å². The van der Waals surface area contributed by atoms with Crippen LogP contribution in [-0.4, -0.2) is 18.4 Å². The summed E-state index contributed by atoms with van der Waals surface area (Å²) in [6, 6.07) is 23.4. The van der Waals surface area contributed by atoms with Gasteiger partial charge in [0.1, 0.15) is 5.75 Å². The van der Waals surface area contributed by atoms with Crippen LogP contribution in [-0.2, 0) is 9.59 Å². The number of anilines is 1. The van der Waals surface area contributed by atoms with Crippen LogP contribution in [0.2, 0.25) is 5.02 Å². The van der Waals surface area contributed by atoms with Gasteiger partial charge in [-0.3, -0.25) is 9.59 Å². The number of benzene rings is 3. The second-order valence-electron chi connectivity index (χ2n) is 6.50. The van der Waals surface area contributed by atoms with Gasteiger partial charge in [-0.15, -0.1) is 0 Å². The van der Waals surface area contributed by atoms with E-state index in [-0.39, 0.29) is 11.8 Å². The Hall–Kier alpha value is -3.02. The molecule has 2 amide bonds. The van der Waals surface area contributed by atoms with E-state index in [4.69, 9.17) is 16.3 Å². The van der Waals surface area contributed by atoms with E-state index >= 15 is 0 Å². The Morgan fingerprint density at radius 2 is 1.53 bits per heavy atom. The average Bonchev–Trinajstić information content (AvgIpc) is 3.00. The zero-order chi connectivity index (χ0) is 21.1. The maximum absolute atomic E-state index is 13.4. The number of nitrogens with zero attached hydrogens (tertiary/aromatic N) is 1. The maximum atomic E-state index is 13.4. The fourth-order valence-electron chi connectivity index (χ4n) is 3.17. The molecule has 0 N–H and O–H groups in total. The van der Waals surface area contributed by atoms with Gasteiger partial charge in [0.05, 0.1) is 22.8 Å². The Bertz CT molecular complexity index is 1110. The number of hydrogen-bond donors (Lipinski definition) is 0. The highest BCUT2D eigenvalue weighted by molar-refractivity contribution is 8.04. The van der Waals surface area contributed by atoms with E-state index in [1.165, 1.54) is 16.7 Å². The van der Waals surface area contributed by atoms with Crippen molar-refractivity contribution >= 4 is 46.4 Å². The SMILES string of the molecule is CCOc1ccc(N2C(=O)C(Sc3ccccc3)=C(c3ccc(Cl)cc3)C2=O)cc1. The van der Waals surface area contributed by atoms with Crippen molar-refractivity contribution in [3.05, 3.63) is 94.4 Å². The van der Waals surface area contributed by atoms with Gasteiger partial charge in [0.2, 0.25) is 0 Å². The van der Waals surface area contributed by atoms with Crippen LogP contribution in [0, 0.1) is 0 Å². The molecule has 150 valence electrons. The standard InChI is InChI=1S/C24H18ClNO3S/c1-2-29-19-14-12-18(13-15-19)26-23(27)21(16-8-10-17(25)11-9-16)22(24(26)28)30-20-6-4-3-5-7-20/h3-15H,2H2,1H3. The molecule has 0 unspecified atom stereocenters. The maximum Gasteiger partial charge on any atom is 0.272 e. The van der Waals surface area contributed by atoms with Crippen molar-refractivity contribution in [2.75, 3.05) is 11.5 Å². The first-order valence-corrected chi connectivity index (χ1v) is 10.6. The smallest absolute Gasteiger partial charge is 0.272 e. The van der Waals surface area contributed by atoms with Gasteiger partial charge in [0, 0.05) is 9.92 Å². The fourth-order valence-corrected chi connectivity index (χ4v) is 4.32. The first-order chi connectivity index (χ1) is 14.6. The Morgan fingerprint density at radius 3 is 2.17 bits per heavy atom. The van der Waals surface area contributed by atoms with Crippen molar-refractivity contribution < 1.29 is 14.3 Å². The third-order valence-electron chi connectivity index (χ3n) is 4.54. The molecule has 0 aliphatic carbocycles. The highest BCUT2D eigenvalue weighted by Crippen LogP contribution is 2.41. The lowest BCUT2D eigenvalue weighted by molar-refractivity contribution is -0.119. The van der Waals surface area contributed by atoms with E-state index < -0.39 is 0 Å². The lowest BCUT2D eigenvalue weighted by atomic mass is 10.1. The zero-order valence-electron chi connectivity index (χ0n) is 16.2. The van der Waals surface area contributed by atoms with Crippen molar-refractivity contribution in [3.8, 4) is 5.75 Å². The lowest BCUT2D eigenvalue weighted by Crippen LogP contribution is -2.31. The fraction of sp³-hybridized carbons (Fsp3) is 0.0833. The molecule has 1 heterocycles. The predicted molar refractivity (Wildman–Crippen MR) is 121 cm³/mol. The second-order valence-corrected chi connectivity index (χ2v) is 8.02. The van der Waals surface area contributed by atoms with Crippen molar-refractivity contribution in [2.24, 2.45) is 0 Å². The first kappa shape index (κ1) is 20.3. The van der Waals surface area contributed by atoms with Gasteiger partial charge < -0.3 is 4.74 Å². The van der Waals surface area contributed by atoms with Gasteiger partial charge in [-0.25, -0.2) is 4.90 Å². The molecule has 0 fully saturated rings. The summed E-state index contributed by atoms with van der Waals surface area (Å²) in [4.78, 5) is 29.2. The van der Waals surface area contributed by atoms with Crippen LogP contribution in [0.3, 0.4) is 0 Å². The molecule has 3 aromatic rings. The largest absolute Gasteiger partial charge is 0.494 e. The zero-order valence-corrected chi connectivity index (χ0v) is 17.7. The van der Waals surface area contributed by atoms with Crippen LogP contribution in [0.15, 0.2) is 88.7 Å². The van der Waals surface area contributed by atoms with Gasteiger partial charge in [0.15, 0.2) is 0 Å². The van der Waals surface area contributed by atoms with Crippen LogP contribution in [0.4, 0.5) is 5.69 Å². The molecule has 0 saturated carbocycles. The molecule has 0 spiro atoms. The quantitative estimate of drug-likeness (QED) is 0.458. The minimum atomic E-state index is -0.357. The van der Waals surface area contributed by atoms with Crippen LogP contribution < -0.4 is 9.64 Å². The van der Waals surface area contributed by atoms with Crippen molar-refractivity contribution in [3.63, 3.8) is 0 Å². The van der Waals surface area contributed by atoms with Crippen molar-refractivity contribution in [2.45, 2.75) is 11.8 Å². The highest BCUT2D eigenvalue weighted by atomic mass is 35.5. The Balaban J connectivity index is 1.76. The van der Waals surface area contributed by atoms with Crippen molar-refractivity contribution in [1.29, 1.82) is 0 Å². The van der Waals surface area contributed by atoms with E-state index in [9.17, 15) is 9.59 Å². The van der Waals surface area contributed by atoms with E-state index in [1.807, 2.05) is 37.3 Å². The normalized spacial score (nSPS) is 13.9. The number of halogens is 1. The summed E-state index contributed by atoms with van der Waals surface area (Å²) in [5.74, 6) is -0.0158. The van der Waals surface area contributed by atoms with Crippen LogP contribution >= 0.6 is 23.4 Å². The molecule has 0 radical (unpaired) electrons. The molecule has 30 heavy (non-hydrogen) atoms. The molecule has 0 saturated heterocycles. The minimum absolute atomic E-state index is 0.344. The monoisotopic (exact) mass is 435 g/mol. The van der Waals surface area contributed by atoms with Gasteiger partial charge in [-0.2, -0.15) is 0 Å². The van der Waals surface area contributed by atoms with Crippen LogP contribution in [0.25, 0.3) is 5.57 Å². The number of rotatable bonds is 6. The third kappa shape index (κ3) is 3.99. The summed E-state index contributed by atoms with van der Waals surface area (Å²) in [7, 11) is 0. The molecule has 3 aromatic carbocycles. The number of ether oxygens (including phenoxy) is 1. The van der Waals surface area contributed by atoms with E-state index in [1.54, 1.807) is 48.5 Å². The number of thioether (sulfide) groups is 1. The minimum Gasteiger partial charge on any atom is -0.494 e. The van der Waals surface area contributed by atoms with Gasteiger partial charge in [-0.05, 0) is 61.0 Å². The van der Waals surface area contributed by atoms with E-state index in [2.05, 4.69) is 0 Å². The third-order valence-corrected chi connectivity index (χ3v) is 5.89. The molecule has 0 bridgehead atoms. The topological polar surface area (TPSA) is 46.6 Å². The summed E-state index contributed by atoms with van der Waals surface area (Å²) in [5, 5.41) is 0.566. The summed E-state index contributed by atoms with van der Waals surface area (Å²) in [6.07, 6.45) is 0. The van der Waals surface area contributed by atoms with E-state index in [0.717, 1.165) is 4.90 Å². The first-order valence-electron chi connectivity index (χ1n) is 9.43. The molecule has 1 aliphatic heterocycles. The molecule has 0 atom stereocenters. The number of hydrogen-bond acceptors (Lipinski definition) is 4. The second kappa shape index (κ2) is 8.78. The van der Waals surface area contributed by atoms with Gasteiger partial charge in [0.25, 0.3) is 11.8 Å². The number of amides is 2. The Morgan fingerprint density at radius 1 is 0.867 bits per heavy atom. The summed E-state index contributed by atoms with van der Waals surface area (Å²) >= 11 is 7.31. The Labute approximate surface area is 184 Å². The molecule has 0 aromatic heterocycles. The number of imide groups is 1. The van der Waals surface area contributed by atoms with Gasteiger partial charge in [-0.1, -0.05) is 53.7 Å². The molecular weight excluding hydrogens is 418 g/mol. The van der Waals surface area contributed by atoms with Gasteiger partial charge >= 0.3 is 0 Å². The van der Waals surface area contributed by atoms with E-state index in [0.29, 0.717) is 39.1 Å². The molecule has 4 nitrogen and oxygen atoms in total. The molecule has 6 heteroatoms. The predicted octanol–water partition coefficient (Wildman–Crippen LogP) is 5.82. The highest BCUT2D eigenvalue weighted by Gasteiger charge is 2.40. The summed E-state index contributed by atoms with van der Waals surface area (Å²) in [5.41, 5.74) is 1.53. The number of carbonyl (C=O) groups excluding carboxylic acids is 2. The molecular formula is C24H18ClNO3S. The molecule has 4 rings (SSSR count). The molecule has 1 aliphatic rings. The summed E-state index contributed by atoms with van der Waals surface area (Å²) < 4.78 is 5.46. The number of carbonyl (C=O) groups is 2. The van der Waals surface area contributed by atoms with Crippen molar-refractivity contribution in [1.82, 2.24) is 0 Å². The Kier molecular flexibility index (Phi) is 5.93. The average molecular weight is 436 g/mol. The van der Waals surface area contributed by atoms with Crippen LogP contribution in [0.1, 0.15) is 12.5 Å². The lowest BCUT2D eigenvalue weighted by Gasteiger charge is -2.16. The summed E-state index contributed by atoms with van der Waals surface area (Å²) in [6.45, 7) is 2.44.